The predicted octanol–water partition coefficient (Wildman–Crippen LogP) is 3.81. The summed E-state index contributed by atoms with van der Waals surface area (Å²) in [5.41, 5.74) is 2.19. The lowest BCUT2D eigenvalue weighted by Gasteiger charge is -2.36. The number of anilines is 2. The number of rotatable bonds is 5. The molecule has 0 radical (unpaired) electrons. The Morgan fingerprint density at radius 3 is 2.60 bits per heavy atom. The van der Waals surface area contributed by atoms with Gasteiger partial charge in [-0.1, -0.05) is 0 Å². The van der Waals surface area contributed by atoms with E-state index in [4.69, 9.17) is 4.74 Å². The Morgan fingerprint density at radius 2 is 2.03 bits per heavy atom. The van der Waals surface area contributed by atoms with Crippen molar-refractivity contribution in [1.82, 2.24) is 9.97 Å². The van der Waals surface area contributed by atoms with Gasteiger partial charge in [0.1, 0.15) is 16.9 Å². The van der Waals surface area contributed by atoms with E-state index in [0.717, 1.165) is 37.4 Å². The first-order valence-electron chi connectivity index (χ1n) is 10.1. The van der Waals surface area contributed by atoms with Crippen LogP contribution in [0.25, 0.3) is 0 Å². The second-order valence-electron chi connectivity index (χ2n) is 7.89. The Hall–Kier alpha value is -2.63. The number of morpholine rings is 1. The first-order chi connectivity index (χ1) is 14.5. The van der Waals surface area contributed by atoms with Gasteiger partial charge in [-0.05, 0) is 51.1 Å². The molecule has 7 nitrogen and oxygen atoms in total. The van der Waals surface area contributed by atoms with Gasteiger partial charge in [0.15, 0.2) is 0 Å². The summed E-state index contributed by atoms with van der Waals surface area (Å²) in [4.78, 5) is 24.3. The van der Waals surface area contributed by atoms with E-state index in [1.807, 2.05) is 18.4 Å². The Kier molecular flexibility index (Phi) is 5.93. The number of pyridine rings is 2. The van der Waals surface area contributed by atoms with Crippen molar-refractivity contribution in [2.45, 2.75) is 49.8 Å². The normalized spacial score (nSPS) is 21.2. The van der Waals surface area contributed by atoms with Crippen LogP contribution < -0.4 is 10.2 Å². The topological polar surface area (TPSA) is 91.1 Å². The number of aromatic nitrogens is 2. The minimum atomic E-state index is -0.311. The average Bonchev–Trinajstić information content (AvgIpc) is 3.58. The quantitative estimate of drug-likeness (QED) is 0.731. The maximum atomic E-state index is 13.0. The maximum absolute atomic E-state index is 13.0. The number of amides is 1. The Bertz CT molecular complexity index is 974. The van der Waals surface area contributed by atoms with Gasteiger partial charge in [0, 0.05) is 24.7 Å². The molecule has 4 rings (SSSR count). The third-order valence-corrected chi connectivity index (χ3v) is 5.98. The predicted molar refractivity (Wildman–Crippen MR) is 117 cm³/mol. The molecule has 1 amide bonds. The first kappa shape index (κ1) is 20.6. The van der Waals surface area contributed by atoms with Gasteiger partial charge in [0.05, 0.1) is 35.2 Å². The molecule has 2 aliphatic rings. The fourth-order valence-corrected chi connectivity index (χ4v) is 4.33. The zero-order chi connectivity index (χ0) is 21.3. The van der Waals surface area contributed by atoms with Gasteiger partial charge in [0.2, 0.25) is 0 Å². The van der Waals surface area contributed by atoms with Crippen molar-refractivity contribution in [1.29, 1.82) is 5.26 Å². The number of thioether (sulfide) groups is 1. The standard InChI is InChI=1S/C22H25N5O2S/c1-13-11-27(12-14(2)29-13)20-7-6-16(10-24-20)25-21(28)17-8-19(15-4-5-15)26-22(30-3)18(17)9-23/h6-8,10,13-15H,4-5,11-12H2,1-3H3,(H,25,28). The summed E-state index contributed by atoms with van der Waals surface area (Å²) in [5.74, 6) is 0.945. The third-order valence-electron chi connectivity index (χ3n) is 5.30. The smallest absolute Gasteiger partial charge is 0.257 e. The zero-order valence-corrected chi connectivity index (χ0v) is 18.2. The Morgan fingerprint density at radius 1 is 1.30 bits per heavy atom. The van der Waals surface area contributed by atoms with E-state index in [1.165, 1.54) is 11.8 Å². The summed E-state index contributed by atoms with van der Waals surface area (Å²) in [6.45, 7) is 5.68. The van der Waals surface area contributed by atoms with Crippen molar-refractivity contribution in [2.24, 2.45) is 0 Å². The van der Waals surface area contributed by atoms with Crippen LogP contribution in [0.2, 0.25) is 0 Å². The molecule has 2 unspecified atom stereocenters. The zero-order valence-electron chi connectivity index (χ0n) is 17.4. The van der Waals surface area contributed by atoms with Crippen molar-refractivity contribution in [2.75, 3.05) is 29.6 Å². The summed E-state index contributed by atoms with van der Waals surface area (Å²) >= 11 is 1.39. The summed E-state index contributed by atoms with van der Waals surface area (Å²) in [5, 5.41) is 13.1. The molecule has 0 bridgehead atoms. The van der Waals surface area contributed by atoms with Crippen molar-refractivity contribution in [3.05, 3.63) is 41.2 Å². The highest BCUT2D eigenvalue weighted by Crippen LogP contribution is 2.40. The van der Waals surface area contributed by atoms with Crippen molar-refractivity contribution < 1.29 is 9.53 Å². The maximum Gasteiger partial charge on any atom is 0.257 e. The summed E-state index contributed by atoms with van der Waals surface area (Å²) in [7, 11) is 0. The van der Waals surface area contributed by atoms with E-state index in [2.05, 4.69) is 40.1 Å². The number of hydrogen-bond acceptors (Lipinski definition) is 7. The van der Waals surface area contributed by atoms with Crippen LogP contribution in [0.15, 0.2) is 29.4 Å². The molecule has 156 valence electrons. The molecule has 1 aliphatic carbocycles. The van der Waals surface area contributed by atoms with Crippen molar-refractivity contribution >= 4 is 29.2 Å². The summed E-state index contributed by atoms with van der Waals surface area (Å²) in [6, 6.07) is 7.66. The van der Waals surface area contributed by atoms with E-state index < -0.39 is 0 Å². The number of carbonyl (C=O) groups excluding carboxylic acids is 1. The van der Waals surface area contributed by atoms with Crippen LogP contribution in [0, 0.1) is 11.3 Å². The monoisotopic (exact) mass is 423 g/mol. The van der Waals surface area contributed by atoms with Gasteiger partial charge in [-0.2, -0.15) is 5.26 Å². The number of nitrogens with zero attached hydrogens (tertiary/aromatic N) is 4. The average molecular weight is 424 g/mol. The lowest BCUT2D eigenvalue weighted by atomic mass is 10.1. The van der Waals surface area contributed by atoms with Gasteiger partial charge in [-0.15, -0.1) is 11.8 Å². The molecule has 1 N–H and O–H groups in total. The second-order valence-corrected chi connectivity index (χ2v) is 8.68. The van der Waals surface area contributed by atoms with Crippen molar-refractivity contribution in [3.63, 3.8) is 0 Å². The van der Waals surface area contributed by atoms with E-state index in [9.17, 15) is 10.1 Å². The third kappa shape index (κ3) is 4.42. The van der Waals surface area contributed by atoms with Crippen LogP contribution in [-0.4, -0.2) is 47.4 Å². The molecule has 8 heteroatoms. The number of nitriles is 1. The Labute approximate surface area is 180 Å². The minimum absolute atomic E-state index is 0.150. The summed E-state index contributed by atoms with van der Waals surface area (Å²) < 4.78 is 5.78. The van der Waals surface area contributed by atoms with Crippen LogP contribution in [0.5, 0.6) is 0 Å². The molecule has 2 atom stereocenters. The molecule has 2 fully saturated rings. The van der Waals surface area contributed by atoms with Crippen LogP contribution >= 0.6 is 11.8 Å². The van der Waals surface area contributed by atoms with Crippen molar-refractivity contribution in [3.8, 4) is 6.07 Å². The molecule has 30 heavy (non-hydrogen) atoms. The second kappa shape index (κ2) is 8.62. The minimum Gasteiger partial charge on any atom is -0.372 e. The molecule has 2 aromatic rings. The Balaban J connectivity index is 1.53. The van der Waals surface area contributed by atoms with E-state index in [1.54, 1.807) is 12.3 Å². The van der Waals surface area contributed by atoms with E-state index in [-0.39, 0.29) is 18.1 Å². The number of ether oxygens (including phenoxy) is 1. The number of carbonyl (C=O) groups is 1. The molecule has 1 saturated carbocycles. The van der Waals surface area contributed by atoms with E-state index >= 15 is 0 Å². The molecule has 1 saturated heterocycles. The lowest BCUT2D eigenvalue weighted by molar-refractivity contribution is -0.00545. The molecule has 2 aromatic heterocycles. The molecular formula is C22H25N5O2S. The molecular weight excluding hydrogens is 398 g/mol. The highest BCUT2D eigenvalue weighted by molar-refractivity contribution is 7.98. The largest absolute Gasteiger partial charge is 0.372 e. The SMILES string of the molecule is CSc1nc(C2CC2)cc(C(=O)Nc2ccc(N3CC(C)OC(C)C3)nc2)c1C#N. The van der Waals surface area contributed by atoms with Gasteiger partial charge in [-0.25, -0.2) is 9.97 Å². The molecule has 1 aliphatic heterocycles. The fraction of sp³-hybridized carbons (Fsp3) is 0.455. The van der Waals surface area contributed by atoms with Crippen LogP contribution in [0.1, 0.15) is 54.2 Å². The summed E-state index contributed by atoms with van der Waals surface area (Å²) in [6.07, 6.45) is 5.99. The molecule has 3 heterocycles. The first-order valence-corrected chi connectivity index (χ1v) is 11.4. The van der Waals surface area contributed by atoms with Gasteiger partial charge >= 0.3 is 0 Å². The van der Waals surface area contributed by atoms with Gasteiger partial charge < -0.3 is 15.0 Å². The molecule has 0 aromatic carbocycles. The van der Waals surface area contributed by atoms with Crippen LogP contribution in [-0.2, 0) is 4.74 Å². The molecule has 0 spiro atoms. The van der Waals surface area contributed by atoms with Crippen LogP contribution in [0.4, 0.5) is 11.5 Å². The number of nitrogens with one attached hydrogen (secondary N) is 1. The number of hydrogen-bond donors (Lipinski definition) is 1. The highest BCUT2D eigenvalue weighted by atomic mass is 32.2. The van der Waals surface area contributed by atoms with Gasteiger partial charge in [-0.3, -0.25) is 4.79 Å². The van der Waals surface area contributed by atoms with Gasteiger partial charge in [0.25, 0.3) is 5.91 Å². The fourth-order valence-electron chi connectivity index (χ4n) is 3.77. The lowest BCUT2D eigenvalue weighted by Crippen LogP contribution is -2.45. The van der Waals surface area contributed by atoms with E-state index in [0.29, 0.717) is 27.8 Å². The van der Waals surface area contributed by atoms with Crippen LogP contribution in [0.3, 0.4) is 0 Å². The highest BCUT2D eigenvalue weighted by Gasteiger charge is 2.28.